The summed E-state index contributed by atoms with van der Waals surface area (Å²) in [4.78, 5) is 2.41. The number of hydrazine groups is 1. The van der Waals surface area contributed by atoms with Crippen LogP contribution in [0.1, 0.15) is 39.7 Å². The summed E-state index contributed by atoms with van der Waals surface area (Å²) in [6, 6.07) is 5.18. The molecular formula is C16H27BrFN3. The summed E-state index contributed by atoms with van der Waals surface area (Å²) >= 11 is 3.34. The highest BCUT2D eigenvalue weighted by atomic mass is 79.9. The van der Waals surface area contributed by atoms with Crippen molar-refractivity contribution in [3.8, 4) is 0 Å². The van der Waals surface area contributed by atoms with Crippen LogP contribution in [0.25, 0.3) is 0 Å². The Morgan fingerprint density at radius 1 is 1.33 bits per heavy atom. The number of benzene rings is 1. The van der Waals surface area contributed by atoms with Gasteiger partial charge < -0.3 is 0 Å². The molecular weight excluding hydrogens is 333 g/mol. The van der Waals surface area contributed by atoms with Crippen LogP contribution in [-0.2, 0) is 6.42 Å². The van der Waals surface area contributed by atoms with Crippen LogP contribution in [0.2, 0.25) is 0 Å². The molecule has 0 spiro atoms. The molecule has 1 aromatic carbocycles. The van der Waals surface area contributed by atoms with Gasteiger partial charge in [-0.1, -0.05) is 32.9 Å². The van der Waals surface area contributed by atoms with E-state index < -0.39 is 0 Å². The number of hydrogen-bond acceptors (Lipinski definition) is 3. The Bertz CT molecular complexity index is 451. The van der Waals surface area contributed by atoms with E-state index in [1.807, 2.05) is 6.07 Å². The smallest absolute Gasteiger partial charge is 0.137 e. The minimum Gasteiger partial charge on any atom is -0.297 e. The Morgan fingerprint density at radius 3 is 2.43 bits per heavy atom. The van der Waals surface area contributed by atoms with Gasteiger partial charge in [0.15, 0.2) is 0 Å². The van der Waals surface area contributed by atoms with E-state index in [1.165, 1.54) is 6.07 Å². The molecule has 3 N–H and O–H groups in total. The minimum absolute atomic E-state index is 0.0421. The van der Waals surface area contributed by atoms with Crippen molar-refractivity contribution in [2.75, 3.05) is 13.1 Å². The molecule has 2 unspecified atom stereocenters. The lowest BCUT2D eigenvalue weighted by molar-refractivity contribution is 0.0700. The highest BCUT2D eigenvalue weighted by Gasteiger charge is 2.36. The van der Waals surface area contributed by atoms with Crippen LogP contribution in [0.3, 0.4) is 0 Å². The fourth-order valence-electron chi connectivity index (χ4n) is 3.02. The fraction of sp³-hybridized carbons (Fsp3) is 0.625. The number of nitrogens with two attached hydrogens (primary N) is 1. The number of hydrogen-bond donors (Lipinski definition) is 2. The molecule has 0 heterocycles. The van der Waals surface area contributed by atoms with Gasteiger partial charge in [0.1, 0.15) is 5.82 Å². The average Bonchev–Trinajstić information content (AvgIpc) is 2.49. The van der Waals surface area contributed by atoms with Gasteiger partial charge in [-0.15, -0.1) is 0 Å². The number of nitrogens with zero attached hydrogens (tertiary/aromatic N) is 1. The van der Waals surface area contributed by atoms with Gasteiger partial charge in [-0.3, -0.25) is 16.2 Å². The van der Waals surface area contributed by atoms with Gasteiger partial charge >= 0.3 is 0 Å². The van der Waals surface area contributed by atoms with E-state index in [9.17, 15) is 4.39 Å². The number of likely N-dealkylation sites (N-methyl/N-ethyl adjacent to an activating group) is 1. The molecule has 0 radical (unpaired) electrons. The van der Waals surface area contributed by atoms with E-state index in [1.54, 1.807) is 6.07 Å². The summed E-state index contributed by atoms with van der Waals surface area (Å²) in [5.74, 6) is 5.60. The summed E-state index contributed by atoms with van der Waals surface area (Å²) in [6.45, 7) is 10.6. The van der Waals surface area contributed by atoms with E-state index in [-0.39, 0.29) is 17.4 Å². The molecule has 0 saturated heterocycles. The largest absolute Gasteiger partial charge is 0.297 e. The second-order valence-electron chi connectivity index (χ2n) is 5.52. The van der Waals surface area contributed by atoms with Gasteiger partial charge in [-0.05, 0) is 60.4 Å². The summed E-state index contributed by atoms with van der Waals surface area (Å²) < 4.78 is 14.2. The molecule has 2 atom stereocenters. The van der Waals surface area contributed by atoms with E-state index >= 15 is 0 Å². The van der Waals surface area contributed by atoms with E-state index in [0.717, 1.165) is 25.1 Å². The number of rotatable bonds is 8. The van der Waals surface area contributed by atoms with Crippen molar-refractivity contribution < 1.29 is 4.39 Å². The fourth-order valence-corrected chi connectivity index (χ4v) is 3.45. The first-order valence-corrected chi connectivity index (χ1v) is 8.37. The molecule has 0 aliphatic rings. The highest BCUT2D eigenvalue weighted by molar-refractivity contribution is 9.10. The molecule has 1 rings (SSSR count). The van der Waals surface area contributed by atoms with Crippen molar-refractivity contribution in [1.29, 1.82) is 0 Å². The summed E-state index contributed by atoms with van der Waals surface area (Å²) in [5.41, 5.74) is 3.81. The second kappa shape index (κ2) is 8.22. The van der Waals surface area contributed by atoms with Gasteiger partial charge in [-0.2, -0.15) is 0 Å². The van der Waals surface area contributed by atoms with Crippen LogP contribution < -0.4 is 11.3 Å². The third-order valence-corrected chi connectivity index (χ3v) is 5.50. The highest BCUT2D eigenvalue weighted by Crippen LogP contribution is 2.28. The van der Waals surface area contributed by atoms with Crippen molar-refractivity contribution in [1.82, 2.24) is 10.3 Å². The van der Waals surface area contributed by atoms with Crippen LogP contribution >= 0.6 is 15.9 Å². The Morgan fingerprint density at radius 2 is 1.95 bits per heavy atom. The van der Waals surface area contributed by atoms with Crippen molar-refractivity contribution in [3.63, 3.8) is 0 Å². The van der Waals surface area contributed by atoms with Crippen LogP contribution in [0.15, 0.2) is 22.7 Å². The molecule has 0 aliphatic carbocycles. The molecule has 0 bridgehead atoms. The minimum atomic E-state index is -0.232. The van der Waals surface area contributed by atoms with Gasteiger partial charge in [-0.25, -0.2) is 4.39 Å². The maximum atomic E-state index is 13.7. The van der Waals surface area contributed by atoms with Gasteiger partial charge in [0.25, 0.3) is 0 Å². The third kappa shape index (κ3) is 4.03. The standard InChI is InChI=1S/C16H27BrFN3/c1-5-16(4,21(6-2)7-3)14(20-19)11-12-9-8-10-13(18)15(12)17/h8-10,14,20H,5-7,11,19H2,1-4H3. The van der Waals surface area contributed by atoms with Crippen molar-refractivity contribution in [2.45, 2.75) is 52.1 Å². The third-order valence-electron chi connectivity index (χ3n) is 4.61. The summed E-state index contributed by atoms with van der Waals surface area (Å²) in [6.07, 6.45) is 1.65. The lowest BCUT2D eigenvalue weighted by atomic mass is 9.83. The lowest BCUT2D eigenvalue weighted by Gasteiger charge is -2.45. The van der Waals surface area contributed by atoms with Crippen LogP contribution in [0.4, 0.5) is 4.39 Å². The van der Waals surface area contributed by atoms with E-state index in [0.29, 0.717) is 10.9 Å². The maximum absolute atomic E-state index is 13.7. The number of halogens is 2. The quantitative estimate of drug-likeness (QED) is 0.551. The molecule has 0 saturated carbocycles. The summed E-state index contributed by atoms with van der Waals surface area (Å²) in [5, 5.41) is 0. The van der Waals surface area contributed by atoms with Gasteiger partial charge in [0.2, 0.25) is 0 Å². The number of nitrogens with one attached hydrogen (secondary N) is 1. The molecule has 21 heavy (non-hydrogen) atoms. The normalized spacial score (nSPS) is 16.0. The van der Waals surface area contributed by atoms with Crippen molar-refractivity contribution in [2.24, 2.45) is 5.84 Å². The van der Waals surface area contributed by atoms with Crippen LogP contribution in [0, 0.1) is 5.82 Å². The Kier molecular flexibility index (Phi) is 7.27. The van der Waals surface area contributed by atoms with Gasteiger partial charge in [0, 0.05) is 11.6 Å². The van der Waals surface area contributed by atoms with E-state index in [2.05, 4.69) is 54.0 Å². The zero-order valence-corrected chi connectivity index (χ0v) is 15.0. The van der Waals surface area contributed by atoms with Gasteiger partial charge in [0.05, 0.1) is 4.47 Å². The molecule has 0 aliphatic heterocycles. The molecule has 0 amide bonds. The molecule has 0 aromatic heterocycles. The van der Waals surface area contributed by atoms with Crippen LogP contribution in [0.5, 0.6) is 0 Å². The zero-order valence-electron chi connectivity index (χ0n) is 13.4. The van der Waals surface area contributed by atoms with Crippen LogP contribution in [-0.4, -0.2) is 29.6 Å². The Labute approximate surface area is 136 Å². The molecule has 1 aromatic rings. The first kappa shape index (κ1) is 18.6. The average molecular weight is 360 g/mol. The van der Waals surface area contributed by atoms with E-state index in [4.69, 9.17) is 5.84 Å². The lowest BCUT2D eigenvalue weighted by Crippen LogP contribution is -2.61. The SMILES string of the molecule is CCN(CC)C(C)(CC)C(Cc1cccc(F)c1Br)NN. The summed E-state index contributed by atoms with van der Waals surface area (Å²) in [7, 11) is 0. The maximum Gasteiger partial charge on any atom is 0.137 e. The first-order valence-electron chi connectivity index (χ1n) is 7.58. The Hall–Kier alpha value is -0.490. The monoisotopic (exact) mass is 359 g/mol. The molecule has 5 heteroatoms. The zero-order chi connectivity index (χ0) is 16.0. The Balaban J connectivity index is 3.08. The van der Waals surface area contributed by atoms with Crippen molar-refractivity contribution >= 4 is 15.9 Å². The first-order chi connectivity index (χ1) is 9.94. The molecule has 3 nitrogen and oxygen atoms in total. The molecule has 0 fully saturated rings. The predicted molar refractivity (Wildman–Crippen MR) is 90.5 cm³/mol. The topological polar surface area (TPSA) is 41.3 Å². The predicted octanol–water partition coefficient (Wildman–Crippen LogP) is 3.47. The second-order valence-corrected chi connectivity index (χ2v) is 6.31. The van der Waals surface area contributed by atoms with Crippen molar-refractivity contribution in [3.05, 3.63) is 34.1 Å². The molecule has 120 valence electrons.